The molecule has 0 aliphatic rings. The van der Waals surface area contributed by atoms with E-state index in [-0.39, 0.29) is 0 Å². The van der Waals surface area contributed by atoms with Gasteiger partial charge in [-0.2, -0.15) is 0 Å². The Bertz CT molecular complexity index is 339. The van der Waals surface area contributed by atoms with Crippen LogP contribution in [0.3, 0.4) is 0 Å². The van der Waals surface area contributed by atoms with E-state index in [4.69, 9.17) is 21.7 Å². The highest BCUT2D eigenvalue weighted by atomic mass is 32.1. The molecule has 3 nitrogen and oxygen atoms in total. The lowest BCUT2D eigenvalue weighted by molar-refractivity contribution is 0.405. The summed E-state index contributed by atoms with van der Waals surface area (Å²) in [5, 5.41) is 3.03. The monoisotopic (exact) mass is 211 g/mol. The van der Waals surface area contributed by atoms with Crippen LogP contribution in [0.5, 0.6) is 11.5 Å². The van der Waals surface area contributed by atoms with Crippen molar-refractivity contribution in [2.24, 2.45) is 0 Å². The van der Waals surface area contributed by atoms with Crippen molar-refractivity contribution in [1.29, 1.82) is 0 Å². The van der Waals surface area contributed by atoms with Crippen LogP contribution in [-0.4, -0.2) is 19.2 Å². The lowest BCUT2D eigenvalue weighted by Gasteiger charge is -2.11. The van der Waals surface area contributed by atoms with Gasteiger partial charge < -0.3 is 14.8 Å². The fourth-order valence-corrected chi connectivity index (χ4v) is 1.21. The molecule has 0 unspecified atom stereocenters. The standard InChI is InChI=1S/C10H13NO2S/c1-7(14)11-9-6-8(12-2)4-5-10(9)13-3/h4-6H,1-3H3,(H,11,14). The number of anilines is 1. The van der Waals surface area contributed by atoms with E-state index in [9.17, 15) is 0 Å². The molecule has 1 aromatic carbocycles. The maximum atomic E-state index is 5.17. The summed E-state index contributed by atoms with van der Waals surface area (Å²) in [6.07, 6.45) is 0. The second-order valence-electron chi connectivity index (χ2n) is 2.75. The maximum Gasteiger partial charge on any atom is 0.142 e. The van der Waals surface area contributed by atoms with Crippen molar-refractivity contribution >= 4 is 22.9 Å². The van der Waals surface area contributed by atoms with Gasteiger partial charge in [-0.3, -0.25) is 0 Å². The lowest BCUT2D eigenvalue weighted by Crippen LogP contribution is -2.05. The summed E-state index contributed by atoms with van der Waals surface area (Å²) in [5.41, 5.74) is 0.819. The quantitative estimate of drug-likeness (QED) is 0.778. The molecule has 0 saturated carbocycles. The van der Waals surface area contributed by atoms with Gasteiger partial charge >= 0.3 is 0 Å². The van der Waals surface area contributed by atoms with E-state index in [0.717, 1.165) is 17.2 Å². The minimum Gasteiger partial charge on any atom is -0.497 e. The van der Waals surface area contributed by atoms with Gasteiger partial charge in [0.1, 0.15) is 11.5 Å². The van der Waals surface area contributed by atoms with E-state index in [2.05, 4.69) is 5.32 Å². The number of benzene rings is 1. The zero-order valence-electron chi connectivity index (χ0n) is 8.46. The summed E-state index contributed by atoms with van der Waals surface area (Å²) in [5.74, 6) is 1.51. The van der Waals surface area contributed by atoms with Gasteiger partial charge in [0.2, 0.25) is 0 Å². The van der Waals surface area contributed by atoms with E-state index in [1.165, 1.54) is 0 Å². The van der Waals surface area contributed by atoms with Crippen molar-refractivity contribution in [2.45, 2.75) is 6.92 Å². The highest BCUT2D eigenvalue weighted by Gasteiger charge is 2.04. The van der Waals surface area contributed by atoms with Crippen LogP contribution in [0.15, 0.2) is 18.2 Å². The van der Waals surface area contributed by atoms with E-state index in [1.807, 2.05) is 25.1 Å². The zero-order valence-corrected chi connectivity index (χ0v) is 9.27. The Hall–Kier alpha value is -1.29. The largest absolute Gasteiger partial charge is 0.497 e. The van der Waals surface area contributed by atoms with Crippen LogP contribution in [0.2, 0.25) is 0 Å². The molecule has 1 aromatic rings. The summed E-state index contributed by atoms with van der Waals surface area (Å²) in [4.78, 5) is 0.691. The fourth-order valence-electron chi connectivity index (χ4n) is 1.10. The smallest absolute Gasteiger partial charge is 0.142 e. The second-order valence-corrected chi connectivity index (χ2v) is 3.36. The van der Waals surface area contributed by atoms with Crippen LogP contribution in [0.4, 0.5) is 5.69 Å². The molecule has 0 aliphatic heterocycles. The molecule has 0 fully saturated rings. The SMILES string of the molecule is COc1ccc(OC)c(NC(C)=S)c1. The molecule has 0 aliphatic carbocycles. The van der Waals surface area contributed by atoms with Crippen LogP contribution in [0, 0.1) is 0 Å². The first-order valence-electron chi connectivity index (χ1n) is 4.17. The van der Waals surface area contributed by atoms with Crippen LogP contribution in [0.25, 0.3) is 0 Å². The molecule has 0 radical (unpaired) electrons. The predicted octanol–water partition coefficient (Wildman–Crippen LogP) is 2.46. The summed E-state index contributed by atoms with van der Waals surface area (Å²) in [7, 11) is 3.24. The Balaban J connectivity index is 3.01. The molecule has 0 heterocycles. The first-order valence-corrected chi connectivity index (χ1v) is 4.58. The average Bonchev–Trinajstić information content (AvgIpc) is 2.16. The minimum atomic E-state index is 0.691. The second kappa shape index (κ2) is 4.81. The van der Waals surface area contributed by atoms with E-state index < -0.39 is 0 Å². The molecular weight excluding hydrogens is 198 g/mol. The molecule has 1 rings (SSSR count). The number of methoxy groups -OCH3 is 2. The Morgan fingerprint density at radius 1 is 1.29 bits per heavy atom. The molecule has 4 heteroatoms. The molecule has 0 atom stereocenters. The van der Waals surface area contributed by atoms with Gasteiger partial charge in [0, 0.05) is 6.07 Å². The van der Waals surface area contributed by atoms with E-state index in [1.54, 1.807) is 14.2 Å². The molecule has 14 heavy (non-hydrogen) atoms. The third kappa shape index (κ3) is 2.60. The highest BCUT2D eigenvalue weighted by molar-refractivity contribution is 7.80. The Labute approximate surface area is 89.0 Å². The summed E-state index contributed by atoms with van der Waals surface area (Å²) >= 11 is 4.96. The van der Waals surface area contributed by atoms with Crippen molar-refractivity contribution in [3.63, 3.8) is 0 Å². The summed E-state index contributed by atoms with van der Waals surface area (Å²) in [6, 6.07) is 5.51. The van der Waals surface area contributed by atoms with Gasteiger partial charge in [-0.05, 0) is 19.1 Å². The lowest BCUT2D eigenvalue weighted by atomic mass is 10.2. The molecule has 76 valence electrons. The van der Waals surface area contributed by atoms with Crippen molar-refractivity contribution in [2.75, 3.05) is 19.5 Å². The molecule has 1 N–H and O–H groups in total. The van der Waals surface area contributed by atoms with Crippen molar-refractivity contribution in [1.82, 2.24) is 0 Å². The fraction of sp³-hybridized carbons (Fsp3) is 0.300. The van der Waals surface area contributed by atoms with Gasteiger partial charge in [-0.25, -0.2) is 0 Å². The van der Waals surface area contributed by atoms with Gasteiger partial charge in [-0.15, -0.1) is 0 Å². The predicted molar refractivity (Wildman–Crippen MR) is 61.4 cm³/mol. The third-order valence-electron chi connectivity index (χ3n) is 1.72. The highest BCUT2D eigenvalue weighted by Crippen LogP contribution is 2.28. The zero-order chi connectivity index (χ0) is 10.6. The normalized spacial score (nSPS) is 9.36. The average molecular weight is 211 g/mol. The number of thiocarbonyl (C=S) groups is 1. The van der Waals surface area contributed by atoms with Gasteiger partial charge in [0.15, 0.2) is 0 Å². The number of hydrogen-bond acceptors (Lipinski definition) is 3. The van der Waals surface area contributed by atoms with Crippen LogP contribution in [0.1, 0.15) is 6.92 Å². The Kier molecular flexibility index (Phi) is 3.71. The van der Waals surface area contributed by atoms with E-state index in [0.29, 0.717) is 4.99 Å². The Morgan fingerprint density at radius 3 is 2.50 bits per heavy atom. The maximum absolute atomic E-state index is 5.17. The summed E-state index contributed by atoms with van der Waals surface area (Å²) < 4.78 is 10.3. The van der Waals surface area contributed by atoms with Gasteiger partial charge in [0.05, 0.1) is 24.9 Å². The minimum absolute atomic E-state index is 0.691. The van der Waals surface area contributed by atoms with Crippen molar-refractivity contribution in [3.8, 4) is 11.5 Å². The summed E-state index contributed by atoms with van der Waals surface area (Å²) in [6.45, 7) is 1.81. The molecule has 0 aromatic heterocycles. The topological polar surface area (TPSA) is 30.5 Å². The van der Waals surface area contributed by atoms with Crippen LogP contribution < -0.4 is 14.8 Å². The third-order valence-corrected chi connectivity index (χ3v) is 1.82. The van der Waals surface area contributed by atoms with E-state index >= 15 is 0 Å². The molecule has 0 bridgehead atoms. The Morgan fingerprint density at radius 2 is 2.00 bits per heavy atom. The number of rotatable bonds is 3. The van der Waals surface area contributed by atoms with Gasteiger partial charge in [-0.1, -0.05) is 12.2 Å². The first-order chi connectivity index (χ1) is 6.67. The van der Waals surface area contributed by atoms with Crippen molar-refractivity contribution in [3.05, 3.63) is 18.2 Å². The van der Waals surface area contributed by atoms with Gasteiger partial charge in [0.25, 0.3) is 0 Å². The number of hydrogen-bond donors (Lipinski definition) is 1. The van der Waals surface area contributed by atoms with Crippen LogP contribution in [-0.2, 0) is 0 Å². The molecular formula is C10H13NO2S. The van der Waals surface area contributed by atoms with Crippen molar-refractivity contribution < 1.29 is 9.47 Å². The number of ether oxygens (including phenoxy) is 2. The van der Waals surface area contributed by atoms with Crippen LogP contribution >= 0.6 is 12.2 Å². The molecule has 0 amide bonds. The number of nitrogens with one attached hydrogen (secondary N) is 1. The molecule has 0 saturated heterocycles. The first kappa shape index (κ1) is 10.8. The molecule has 0 spiro atoms.